The van der Waals surface area contributed by atoms with Gasteiger partial charge in [-0.15, -0.1) is 0 Å². The minimum Gasteiger partial charge on any atom is -0.343 e. The summed E-state index contributed by atoms with van der Waals surface area (Å²) in [6.45, 7) is 2.93. The van der Waals surface area contributed by atoms with Crippen molar-refractivity contribution >= 4 is 16.8 Å². The summed E-state index contributed by atoms with van der Waals surface area (Å²) >= 11 is 0. The highest BCUT2D eigenvalue weighted by Crippen LogP contribution is 2.36. The number of rotatable bonds is 7. The number of amides is 1. The predicted octanol–water partition coefficient (Wildman–Crippen LogP) is 4.27. The fourth-order valence-corrected chi connectivity index (χ4v) is 5.84. The van der Waals surface area contributed by atoms with Crippen molar-refractivity contribution in [2.24, 2.45) is 13.0 Å². The summed E-state index contributed by atoms with van der Waals surface area (Å²) < 4.78 is 3.89. The second-order valence-electron chi connectivity index (χ2n) is 10.6. The molecule has 2 aliphatic rings. The lowest BCUT2D eigenvalue weighted by Gasteiger charge is -2.35. The molecule has 6 heteroatoms. The summed E-state index contributed by atoms with van der Waals surface area (Å²) in [5.74, 6) is 0.0997. The fraction of sp³-hybridized carbons (Fsp3) is 0.355. The van der Waals surface area contributed by atoms with E-state index in [9.17, 15) is 9.59 Å². The van der Waals surface area contributed by atoms with Crippen LogP contribution in [0.3, 0.4) is 0 Å². The van der Waals surface area contributed by atoms with Gasteiger partial charge >= 0.3 is 0 Å². The fourth-order valence-electron chi connectivity index (χ4n) is 5.84. The van der Waals surface area contributed by atoms with Gasteiger partial charge in [0.25, 0.3) is 5.56 Å². The molecule has 0 bridgehead atoms. The summed E-state index contributed by atoms with van der Waals surface area (Å²) in [5, 5.41) is 4.66. The molecule has 4 aromatic rings. The van der Waals surface area contributed by atoms with Crippen LogP contribution in [-0.2, 0) is 24.9 Å². The van der Waals surface area contributed by atoms with Gasteiger partial charge in [-0.2, -0.15) is 0 Å². The van der Waals surface area contributed by atoms with Gasteiger partial charge in [0.15, 0.2) is 0 Å². The molecule has 0 unspecified atom stereocenters. The molecule has 1 saturated heterocycles. The number of nitrogens with zero attached hydrogens (tertiary/aromatic N) is 3. The summed E-state index contributed by atoms with van der Waals surface area (Å²) in [5.41, 5.74) is 4.61. The average molecular weight is 495 g/mol. The van der Waals surface area contributed by atoms with E-state index in [-0.39, 0.29) is 23.3 Å². The van der Waals surface area contributed by atoms with Gasteiger partial charge in [0.2, 0.25) is 5.91 Å². The molecule has 1 aliphatic carbocycles. The van der Waals surface area contributed by atoms with Crippen LogP contribution >= 0.6 is 0 Å². The average Bonchev–Trinajstić information content (AvgIpc) is 3.72. The Hall–Kier alpha value is -3.64. The van der Waals surface area contributed by atoms with Crippen LogP contribution in [0.4, 0.5) is 0 Å². The molecule has 6 nitrogen and oxygen atoms in total. The molecule has 2 atom stereocenters. The second kappa shape index (κ2) is 10.0. The topological polar surface area (TPSA) is 59.3 Å². The molecule has 2 aromatic heterocycles. The first-order valence-corrected chi connectivity index (χ1v) is 13.4. The molecule has 0 radical (unpaired) electrons. The van der Waals surface area contributed by atoms with Crippen molar-refractivity contribution in [2.45, 2.75) is 44.3 Å². The quantitative estimate of drug-likeness (QED) is 0.417. The number of aromatic nitrogens is 2. The first-order chi connectivity index (χ1) is 18.1. The number of fused-ring (bicyclic) bond motifs is 1. The van der Waals surface area contributed by atoms with Gasteiger partial charge in [0.05, 0.1) is 5.92 Å². The van der Waals surface area contributed by atoms with Gasteiger partial charge in [-0.1, -0.05) is 48.5 Å². The van der Waals surface area contributed by atoms with Crippen LogP contribution in [0.25, 0.3) is 10.9 Å². The third-order valence-electron chi connectivity index (χ3n) is 8.03. The second-order valence-corrected chi connectivity index (χ2v) is 10.6. The van der Waals surface area contributed by atoms with Crippen molar-refractivity contribution in [2.75, 3.05) is 13.1 Å². The molecule has 1 N–H and O–H groups in total. The molecule has 190 valence electrons. The van der Waals surface area contributed by atoms with E-state index in [0.29, 0.717) is 19.1 Å². The van der Waals surface area contributed by atoms with Gasteiger partial charge in [-0.3, -0.25) is 9.59 Å². The van der Waals surface area contributed by atoms with Gasteiger partial charge in [-0.05, 0) is 60.5 Å². The van der Waals surface area contributed by atoms with E-state index >= 15 is 0 Å². The lowest BCUT2D eigenvalue weighted by atomic mass is 9.80. The Kier molecular flexibility index (Phi) is 6.43. The van der Waals surface area contributed by atoms with E-state index < -0.39 is 0 Å². The Morgan fingerprint density at radius 3 is 2.59 bits per heavy atom. The number of aryl methyl sites for hydroxylation is 1. The van der Waals surface area contributed by atoms with Crippen molar-refractivity contribution in [1.29, 1.82) is 0 Å². The number of pyridine rings is 1. The van der Waals surface area contributed by atoms with Crippen LogP contribution in [0.15, 0.2) is 83.9 Å². The Morgan fingerprint density at radius 1 is 1.03 bits per heavy atom. The standard InChI is InChI=1S/C31H34N4O2/c1-33-16-14-23(17-30(33)36)26-13-15-32-18-28(26)31(37)35(25-11-12-25)21-24-20-34(19-22-7-3-2-4-8-22)29-10-6-5-9-27(24)29/h2-10,14,16-17,20,25-26,28,32H,11-13,15,18-19,21H2,1H3/t26-,28+/m1/s1. The highest BCUT2D eigenvalue weighted by Gasteiger charge is 2.40. The Labute approximate surface area is 217 Å². The molecule has 1 aliphatic heterocycles. The number of carbonyl (C=O) groups is 1. The first-order valence-electron chi connectivity index (χ1n) is 13.4. The Bertz CT molecular complexity index is 1470. The number of nitrogens with one attached hydrogen (secondary N) is 1. The molecule has 3 heterocycles. The molecule has 37 heavy (non-hydrogen) atoms. The van der Waals surface area contributed by atoms with E-state index in [2.05, 4.69) is 69.5 Å². The minimum atomic E-state index is -0.167. The molecular formula is C31H34N4O2. The summed E-state index contributed by atoms with van der Waals surface area (Å²) in [6, 6.07) is 23.0. The third-order valence-corrected chi connectivity index (χ3v) is 8.03. The van der Waals surface area contributed by atoms with Gasteiger partial charge in [-0.25, -0.2) is 0 Å². The van der Waals surface area contributed by atoms with E-state index in [4.69, 9.17) is 0 Å². The predicted molar refractivity (Wildman–Crippen MR) is 146 cm³/mol. The van der Waals surface area contributed by atoms with Gasteiger partial charge in [0, 0.05) is 62.1 Å². The molecule has 6 rings (SSSR count). The highest BCUT2D eigenvalue weighted by atomic mass is 16.2. The zero-order chi connectivity index (χ0) is 25.4. The number of hydrogen-bond acceptors (Lipinski definition) is 3. The van der Waals surface area contributed by atoms with E-state index in [1.165, 1.54) is 22.0 Å². The number of hydrogen-bond donors (Lipinski definition) is 1. The number of piperidine rings is 1. The van der Waals surface area contributed by atoms with Crippen LogP contribution in [0, 0.1) is 5.92 Å². The summed E-state index contributed by atoms with van der Waals surface area (Å²) in [6.07, 6.45) is 7.04. The van der Waals surface area contributed by atoms with Crippen LogP contribution in [0.1, 0.15) is 41.9 Å². The van der Waals surface area contributed by atoms with Gasteiger partial charge < -0.3 is 19.4 Å². The highest BCUT2D eigenvalue weighted by molar-refractivity contribution is 5.86. The Balaban J connectivity index is 1.30. The van der Waals surface area contributed by atoms with Crippen molar-refractivity contribution in [3.05, 3.63) is 106 Å². The molecule has 1 saturated carbocycles. The maximum Gasteiger partial charge on any atom is 0.250 e. The summed E-state index contributed by atoms with van der Waals surface area (Å²) in [7, 11) is 1.76. The number of carbonyl (C=O) groups excluding carboxylic acids is 1. The lowest BCUT2D eigenvalue weighted by molar-refractivity contribution is -0.138. The molecule has 2 fully saturated rings. The lowest BCUT2D eigenvalue weighted by Crippen LogP contribution is -2.47. The zero-order valence-electron chi connectivity index (χ0n) is 21.3. The van der Waals surface area contributed by atoms with Crippen LogP contribution in [0.5, 0.6) is 0 Å². The maximum absolute atomic E-state index is 14.1. The molecule has 0 spiro atoms. The normalized spacial score (nSPS) is 19.7. The van der Waals surface area contributed by atoms with Crippen molar-refractivity contribution in [1.82, 2.24) is 19.4 Å². The molecule has 1 amide bonds. The monoisotopic (exact) mass is 494 g/mol. The number of benzene rings is 2. The molecule has 2 aromatic carbocycles. The van der Waals surface area contributed by atoms with E-state index in [0.717, 1.165) is 37.9 Å². The molecular weight excluding hydrogens is 460 g/mol. The smallest absolute Gasteiger partial charge is 0.250 e. The largest absolute Gasteiger partial charge is 0.343 e. The van der Waals surface area contributed by atoms with Crippen LogP contribution in [0.2, 0.25) is 0 Å². The zero-order valence-corrected chi connectivity index (χ0v) is 21.3. The van der Waals surface area contributed by atoms with Crippen LogP contribution in [-0.4, -0.2) is 39.1 Å². The minimum absolute atomic E-state index is 0.0208. The first kappa shape index (κ1) is 23.7. The number of para-hydroxylation sites is 1. The summed E-state index contributed by atoms with van der Waals surface area (Å²) in [4.78, 5) is 28.6. The maximum atomic E-state index is 14.1. The van der Waals surface area contributed by atoms with E-state index in [1.54, 1.807) is 17.7 Å². The van der Waals surface area contributed by atoms with Crippen LogP contribution < -0.4 is 10.9 Å². The van der Waals surface area contributed by atoms with E-state index in [1.807, 2.05) is 18.3 Å². The van der Waals surface area contributed by atoms with Crippen molar-refractivity contribution < 1.29 is 4.79 Å². The Morgan fingerprint density at radius 2 is 1.81 bits per heavy atom. The van der Waals surface area contributed by atoms with Crippen molar-refractivity contribution in [3.63, 3.8) is 0 Å². The SMILES string of the molecule is Cn1ccc([C@H]2CCNC[C@@H]2C(=O)N(Cc2cn(Cc3ccccc3)c3ccccc23)C2CC2)cc1=O. The third kappa shape index (κ3) is 4.86. The van der Waals surface area contributed by atoms with Crippen molar-refractivity contribution in [3.8, 4) is 0 Å². The van der Waals surface area contributed by atoms with Gasteiger partial charge in [0.1, 0.15) is 0 Å².